The fourth-order valence-electron chi connectivity index (χ4n) is 1.68. The third kappa shape index (κ3) is 1.98. The van der Waals surface area contributed by atoms with Crippen LogP contribution in [0, 0.1) is 21.3 Å². The van der Waals surface area contributed by atoms with Crippen LogP contribution in [-0.2, 0) is 0 Å². The maximum atomic E-state index is 12.9. The van der Waals surface area contributed by atoms with Gasteiger partial charge in [0, 0.05) is 6.04 Å². The zero-order valence-electron chi connectivity index (χ0n) is 9.16. The quantitative estimate of drug-likeness (QED) is 0.634. The van der Waals surface area contributed by atoms with Gasteiger partial charge in [0.2, 0.25) is 0 Å². The van der Waals surface area contributed by atoms with Crippen LogP contribution in [0.4, 0.5) is 15.8 Å². The predicted molar refractivity (Wildman–Crippen MR) is 58.9 cm³/mol. The van der Waals surface area contributed by atoms with Crippen molar-refractivity contribution in [2.75, 3.05) is 5.32 Å². The van der Waals surface area contributed by atoms with E-state index in [9.17, 15) is 14.5 Å². The molecule has 1 aliphatic rings. The Labute approximate surface area is 92.6 Å². The van der Waals surface area contributed by atoms with Gasteiger partial charge < -0.3 is 5.32 Å². The number of nitrogens with zero attached hydrogens (tertiary/aromatic N) is 1. The van der Waals surface area contributed by atoms with Crippen LogP contribution in [0.1, 0.15) is 20.3 Å². The molecule has 0 aromatic heterocycles. The van der Waals surface area contributed by atoms with E-state index >= 15 is 0 Å². The van der Waals surface area contributed by atoms with Crippen molar-refractivity contribution in [1.29, 1.82) is 0 Å². The predicted octanol–water partition coefficient (Wildman–Crippen LogP) is 2.94. The third-order valence-electron chi connectivity index (χ3n) is 3.00. The summed E-state index contributed by atoms with van der Waals surface area (Å²) >= 11 is 0. The van der Waals surface area contributed by atoms with Crippen LogP contribution >= 0.6 is 0 Å². The number of halogens is 1. The van der Waals surface area contributed by atoms with Crippen LogP contribution in [0.2, 0.25) is 0 Å². The van der Waals surface area contributed by atoms with E-state index in [1.54, 1.807) is 0 Å². The van der Waals surface area contributed by atoms with Gasteiger partial charge in [-0.05, 0) is 24.0 Å². The zero-order chi connectivity index (χ0) is 11.9. The second-order valence-corrected chi connectivity index (χ2v) is 4.81. The average molecular weight is 224 g/mol. The van der Waals surface area contributed by atoms with Gasteiger partial charge in [0.25, 0.3) is 5.69 Å². The van der Waals surface area contributed by atoms with Crippen molar-refractivity contribution < 1.29 is 9.31 Å². The molecule has 1 aromatic rings. The highest BCUT2D eigenvalue weighted by Crippen LogP contribution is 2.47. The van der Waals surface area contributed by atoms with Crippen LogP contribution in [-0.4, -0.2) is 11.0 Å². The lowest BCUT2D eigenvalue weighted by Crippen LogP contribution is -2.10. The van der Waals surface area contributed by atoms with E-state index in [4.69, 9.17) is 0 Å². The summed E-state index contributed by atoms with van der Waals surface area (Å²) in [5.74, 6) is -0.590. The molecule has 0 radical (unpaired) electrons. The second kappa shape index (κ2) is 3.43. The van der Waals surface area contributed by atoms with Gasteiger partial charge >= 0.3 is 0 Å². The van der Waals surface area contributed by atoms with E-state index in [0.717, 1.165) is 12.5 Å². The van der Waals surface area contributed by atoms with Crippen LogP contribution in [0.5, 0.6) is 0 Å². The Morgan fingerprint density at radius 2 is 2.19 bits per heavy atom. The Balaban J connectivity index is 2.24. The molecule has 0 bridgehead atoms. The summed E-state index contributed by atoms with van der Waals surface area (Å²) in [6.45, 7) is 4.17. The standard InChI is InChI=1S/C11H13FN2O2/c1-11(2)6-10(11)13-8-4-3-7(12)5-9(8)14(15)16/h3-5,10,13H,6H2,1-2H3. The van der Waals surface area contributed by atoms with Gasteiger partial charge in [-0.25, -0.2) is 4.39 Å². The number of nitrogens with one attached hydrogen (secondary N) is 1. The number of nitro benzene ring substituents is 1. The Morgan fingerprint density at radius 1 is 1.56 bits per heavy atom. The lowest BCUT2D eigenvalue weighted by Gasteiger charge is -2.08. The first-order chi connectivity index (χ1) is 7.40. The molecule has 4 nitrogen and oxygen atoms in total. The number of nitro groups is 1. The molecular weight excluding hydrogens is 211 g/mol. The summed E-state index contributed by atoms with van der Waals surface area (Å²) < 4.78 is 12.9. The topological polar surface area (TPSA) is 55.2 Å². The van der Waals surface area contributed by atoms with Crippen LogP contribution < -0.4 is 5.32 Å². The summed E-state index contributed by atoms with van der Waals surface area (Å²) in [6, 6.07) is 3.82. The molecule has 0 spiro atoms. The molecule has 16 heavy (non-hydrogen) atoms. The molecule has 0 heterocycles. The first-order valence-corrected chi connectivity index (χ1v) is 5.10. The molecule has 0 amide bonds. The number of rotatable bonds is 3. The molecule has 0 aliphatic heterocycles. The molecule has 2 rings (SSSR count). The van der Waals surface area contributed by atoms with E-state index in [2.05, 4.69) is 19.2 Å². The minimum Gasteiger partial charge on any atom is -0.376 e. The number of benzene rings is 1. The second-order valence-electron chi connectivity index (χ2n) is 4.81. The maximum Gasteiger partial charge on any atom is 0.295 e. The van der Waals surface area contributed by atoms with Crippen LogP contribution in [0.3, 0.4) is 0 Å². The molecule has 1 unspecified atom stereocenters. The molecule has 86 valence electrons. The maximum absolute atomic E-state index is 12.9. The van der Waals surface area contributed by atoms with E-state index < -0.39 is 10.7 Å². The Kier molecular flexibility index (Phi) is 2.33. The Bertz CT molecular complexity index is 446. The summed E-state index contributed by atoms with van der Waals surface area (Å²) in [7, 11) is 0. The van der Waals surface area contributed by atoms with Crippen molar-refractivity contribution in [3.05, 3.63) is 34.1 Å². The van der Waals surface area contributed by atoms with Gasteiger partial charge in [-0.1, -0.05) is 13.8 Å². The lowest BCUT2D eigenvalue weighted by molar-refractivity contribution is -0.384. The van der Waals surface area contributed by atoms with Crippen molar-refractivity contribution in [1.82, 2.24) is 0 Å². The van der Waals surface area contributed by atoms with Gasteiger partial charge in [0.05, 0.1) is 11.0 Å². The number of hydrogen-bond donors (Lipinski definition) is 1. The number of hydrogen-bond acceptors (Lipinski definition) is 3. The smallest absolute Gasteiger partial charge is 0.295 e. The molecule has 1 saturated carbocycles. The van der Waals surface area contributed by atoms with Crippen LogP contribution in [0.25, 0.3) is 0 Å². The fourth-order valence-corrected chi connectivity index (χ4v) is 1.68. The largest absolute Gasteiger partial charge is 0.376 e. The van der Waals surface area contributed by atoms with Crippen molar-refractivity contribution in [3.8, 4) is 0 Å². The molecule has 1 fully saturated rings. The van der Waals surface area contributed by atoms with E-state index in [1.807, 2.05) is 0 Å². The van der Waals surface area contributed by atoms with Crippen molar-refractivity contribution in [3.63, 3.8) is 0 Å². The number of anilines is 1. The molecule has 1 N–H and O–H groups in total. The van der Waals surface area contributed by atoms with Gasteiger partial charge in [-0.15, -0.1) is 0 Å². The van der Waals surface area contributed by atoms with E-state index in [0.29, 0.717) is 5.69 Å². The van der Waals surface area contributed by atoms with E-state index in [1.165, 1.54) is 12.1 Å². The third-order valence-corrected chi connectivity index (χ3v) is 3.00. The minimum absolute atomic E-state index is 0.169. The first-order valence-electron chi connectivity index (χ1n) is 5.10. The first kappa shape index (κ1) is 10.9. The highest BCUT2D eigenvalue weighted by Gasteiger charge is 2.46. The fraction of sp³-hybridized carbons (Fsp3) is 0.455. The SMILES string of the molecule is CC1(C)CC1Nc1ccc(F)cc1[N+](=O)[O-]. The van der Waals surface area contributed by atoms with Crippen LogP contribution in [0.15, 0.2) is 18.2 Å². The van der Waals surface area contributed by atoms with Gasteiger partial charge in [0.1, 0.15) is 11.5 Å². The normalized spacial score (nSPS) is 21.6. The Morgan fingerprint density at radius 3 is 2.69 bits per heavy atom. The van der Waals surface area contributed by atoms with Crippen molar-refractivity contribution in [2.24, 2.45) is 5.41 Å². The van der Waals surface area contributed by atoms with E-state index in [-0.39, 0.29) is 17.1 Å². The molecule has 5 heteroatoms. The molecule has 1 atom stereocenters. The van der Waals surface area contributed by atoms with Crippen molar-refractivity contribution in [2.45, 2.75) is 26.3 Å². The highest BCUT2D eigenvalue weighted by atomic mass is 19.1. The van der Waals surface area contributed by atoms with Gasteiger partial charge in [-0.2, -0.15) is 0 Å². The molecule has 0 saturated heterocycles. The minimum atomic E-state index is -0.590. The Hall–Kier alpha value is -1.65. The molecule has 1 aromatic carbocycles. The summed E-state index contributed by atoms with van der Waals surface area (Å²) in [5.41, 5.74) is 0.354. The highest BCUT2D eigenvalue weighted by molar-refractivity contribution is 5.62. The monoisotopic (exact) mass is 224 g/mol. The summed E-state index contributed by atoms with van der Waals surface area (Å²) in [5, 5.41) is 13.8. The zero-order valence-corrected chi connectivity index (χ0v) is 9.16. The van der Waals surface area contributed by atoms with Gasteiger partial charge in [-0.3, -0.25) is 10.1 Å². The lowest BCUT2D eigenvalue weighted by atomic mass is 10.2. The summed E-state index contributed by atoms with van der Waals surface area (Å²) in [6.07, 6.45) is 0.974. The van der Waals surface area contributed by atoms with Gasteiger partial charge in [0.15, 0.2) is 0 Å². The average Bonchev–Trinajstić information content (AvgIpc) is 2.76. The van der Waals surface area contributed by atoms with Crippen molar-refractivity contribution >= 4 is 11.4 Å². The molecule has 1 aliphatic carbocycles. The summed E-state index contributed by atoms with van der Waals surface area (Å²) in [4.78, 5) is 10.2. The molecular formula is C11H13FN2O2.